The zero-order valence-corrected chi connectivity index (χ0v) is 13.2. The summed E-state index contributed by atoms with van der Waals surface area (Å²) in [5, 5.41) is 5.24. The zero-order valence-electron chi connectivity index (χ0n) is 13.2. The molecule has 5 nitrogen and oxygen atoms in total. The summed E-state index contributed by atoms with van der Waals surface area (Å²) in [5.74, 6) is 0.803. The van der Waals surface area contributed by atoms with Crippen LogP contribution in [0.15, 0.2) is 68.9 Å². The van der Waals surface area contributed by atoms with Gasteiger partial charge in [-0.15, -0.1) is 0 Å². The van der Waals surface area contributed by atoms with Crippen LogP contribution in [0.4, 0.5) is 0 Å². The molecular formula is C19H16N2O3. The van der Waals surface area contributed by atoms with Crippen molar-refractivity contribution in [3.8, 4) is 5.75 Å². The molecule has 0 saturated heterocycles. The van der Waals surface area contributed by atoms with E-state index in [1.54, 1.807) is 13.2 Å². The van der Waals surface area contributed by atoms with Gasteiger partial charge in [0.15, 0.2) is 0 Å². The van der Waals surface area contributed by atoms with E-state index in [-0.39, 0.29) is 11.7 Å². The Morgan fingerprint density at radius 2 is 1.96 bits per heavy atom. The maximum Gasteiger partial charge on any atom is 0.345 e. The molecule has 0 unspecified atom stereocenters. The topological polar surface area (TPSA) is 63.8 Å². The summed E-state index contributed by atoms with van der Waals surface area (Å²) in [5.41, 5.74) is 5.53. The molecule has 3 aromatic rings. The van der Waals surface area contributed by atoms with Gasteiger partial charge in [-0.3, -0.25) is 0 Å². The third kappa shape index (κ3) is 2.44. The number of benzene rings is 2. The highest BCUT2D eigenvalue weighted by molar-refractivity contribution is 6.03. The first-order valence-corrected chi connectivity index (χ1v) is 7.74. The molecule has 0 spiro atoms. The average molecular weight is 320 g/mol. The van der Waals surface area contributed by atoms with Crippen LogP contribution in [0.25, 0.3) is 11.0 Å². The Balaban J connectivity index is 1.68. The van der Waals surface area contributed by atoms with Crippen molar-refractivity contribution in [3.63, 3.8) is 0 Å². The smallest absolute Gasteiger partial charge is 0.345 e. The second-order valence-corrected chi connectivity index (χ2v) is 5.67. The van der Waals surface area contributed by atoms with Gasteiger partial charge in [0, 0.05) is 17.4 Å². The van der Waals surface area contributed by atoms with Gasteiger partial charge in [-0.05, 0) is 18.2 Å². The van der Waals surface area contributed by atoms with Crippen LogP contribution in [0.2, 0.25) is 0 Å². The molecule has 0 amide bonds. The maximum absolute atomic E-state index is 12.3. The van der Waals surface area contributed by atoms with E-state index >= 15 is 0 Å². The van der Waals surface area contributed by atoms with Crippen molar-refractivity contribution in [1.29, 1.82) is 0 Å². The van der Waals surface area contributed by atoms with Crippen molar-refractivity contribution in [3.05, 3.63) is 76.1 Å². The molecule has 5 heteroatoms. The Morgan fingerprint density at radius 3 is 2.83 bits per heavy atom. The molecule has 0 bridgehead atoms. The summed E-state index contributed by atoms with van der Waals surface area (Å²) in [6.07, 6.45) is 0.601. The number of ether oxygens (including phenoxy) is 1. The van der Waals surface area contributed by atoms with Gasteiger partial charge in [0.2, 0.25) is 0 Å². The van der Waals surface area contributed by atoms with E-state index < -0.39 is 0 Å². The van der Waals surface area contributed by atoms with Gasteiger partial charge in [0.25, 0.3) is 0 Å². The molecular weight excluding hydrogens is 304 g/mol. The average Bonchev–Trinajstić information content (AvgIpc) is 3.10. The lowest BCUT2D eigenvalue weighted by molar-refractivity contribution is 0.402. The number of fused-ring (bicyclic) bond motifs is 1. The molecule has 1 aromatic heterocycles. The van der Waals surface area contributed by atoms with Crippen LogP contribution >= 0.6 is 0 Å². The Kier molecular flexibility index (Phi) is 3.54. The van der Waals surface area contributed by atoms with Crippen molar-refractivity contribution < 1.29 is 9.15 Å². The summed E-state index contributed by atoms with van der Waals surface area (Å²) >= 11 is 0. The van der Waals surface area contributed by atoms with Gasteiger partial charge in [0.05, 0.1) is 24.4 Å². The predicted molar refractivity (Wildman–Crippen MR) is 92.5 cm³/mol. The highest BCUT2D eigenvalue weighted by Crippen LogP contribution is 2.30. The van der Waals surface area contributed by atoms with Crippen molar-refractivity contribution in [2.24, 2.45) is 5.10 Å². The van der Waals surface area contributed by atoms with Crippen LogP contribution in [0, 0.1) is 0 Å². The quantitative estimate of drug-likeness (QED) is 0.753. The number of nitrogens with zero attached hydrogens (tertiary/aromatic N) is 1. The van der Waals surface area contributed by atoms with E-state index in [1.165, 1.54) is 0 Å². The van der Waals surface area contributed by atoms with E-state index in [4.69, 9.17) is 9.15 Å². The number of hydrogen-bond acceptors (Lipinski definition) is 5. The van der Waals surface area contributed by atoms with Crippen LogP contribution in [-0.2, 0) is 0 Å². The second kappa shape index (κ2) is 5.85. The number of hydrazone groups is 1. The van der Waals surface area contributed by atoms with Gasteiger partial charge >= 0.3 is 5.63 Å². The number of para-hydroxylation sites is 2. The summed E-state index contributed by atoms with van der Waals surface area (Å²) in [6, 6.07) is 17.1. The Morgan fingerprint density at radius 1 is 1.17 bits per heavy atom. The van der Waals surface area contributed by atoms with E-state index in [0.29, 0.717) is 23.3 Å². The summed E-state index contributed by atoms with van der Waals surface area (Å²) < 4.78 is 10.8. The van der Waals surface area contributed by atoms with Crippen LogP contribution in [0.1, 0.15) is 23.6 Å². The lowest BCUT2D eigenvalue weighted by atomic mass is 9.99. The zero-order chi connectivity index (χ0) is 16.5. The molecule has 0 fully saturated rings. The first-order valence-electron chi connectivity index (χ1n) is 7.74. The largest absolute Gasteiger partial charge is 0.496 e. The van der Waals surface area contributed by atoms with Crippen LogP contribution < -0.4 is 15.8 Å². The Hall–Kier alpha value is -3.08. The molecule has 120 valence electrons. The van der Waals surface area contributed by atoms with Crippen LogP contribution in [0.5, 0.6) is 5.75 Å². The van der Waals surface area contributed by atoms with E-state index in [9.17, 15) is 4.79 Å². The third-order valence-electron chi connectivity index (χ3n) is 4.22. The van der Waals surface area contributed by atoms with Gasteiger partial charge in [-0.25, -0.2) is 4.79 Å². The van der Waals surface area contributed by atoms with Crippen LogP contribution in [0.3, 0.4) is 0 Å². The molecule has 1 N–H and O–H groups in total. The summed E-state index contributed by atoms with van der Waals surface area (Å²) in [7, 11) is 1.65. The molecule has 0 saturated carbocycles. The van der Waals surface area contributed by atoms with E-state index in [1.807, 2.05) is 48.5 Å². The van der Waals surface area contributed by atoms with Crippen LogP contribution in [-0.4, -0.2) is 12.8 Å². The SMILES string of the molecule is COc1ccccc1[C@@H]1CC(c2cc3ccccc3oc2=O)=NN1. The Labute approximate surface area is 138 Å². The predicted octanol–water partition coefficient (Wildman–Crippen LogP) is 3.24. The fraction of sp³-hybridized carbons (Fsp3) is 0.158. The maximum atomic E-state index is 12.3. The monoisotopic (exact) mass is 320 g/mol. The van der Waals surface area contributed by atoms with E-state index in [2.05, 4.69) is 10.5 Å². The fourth-order valence-corrected chi connectivity index (χ4v) is 3.01. The lowest BCUT2D eigenvalue weighted by Gasteiger charge is -2.14. The molecule has 0 radical (unpaired) electrons. The molecule has 2 heterocycles. The first kappa shape index (κ1) is 14.5. The minimum Gasteiger partial charge on any atom is -0.496 e. The van der Waals surface area contributed by atoms with E-state index in [0.717, 1.165) is 16.7 Å². The number of methoxy groups -OCH3 is 1. The molecule has 2 aromatic carbocycles. The minimum atomic E-state index is -0.366. The third-order valence-corrected chi connectivity index (χ3v) is 4.22. The first-order chi connectivity index (χ1) is 11.8. The number of hydrogen-bond donors (Lipinski definition) is 1. The van der Waals surface area contributed by atoms with Gasteiger partial charge in [-0.1, -0.05) is 36.4 Å². The van der Waals surface area contributed by atoms with Crippen molar-refractivity contribution >= 4 is 16.7 Å². The number of rotatable bonds is 3. The van der Waals surface area contributed by atoms with Crippen molar-refractivity contribution in [2.45, 2.75) is 12.5 Å². The number of nitrogens with one attached hydrogen (secondary N) is 1. The summed E-state index contributed by atoms with van der Waals surface area (Å²) in [6.45, 7) is 0. The summed E-state index contributed by atoms with van der Waals surface area (Å²) in [4.78, 5) is 12.3. The minimum absolute atomic E-state index is 0.0259. The Bertz CT molecular complexity index is 991. The molecule has 1 aliphatic heterocycles. The molecule has 4 rings (SSSR count). The van der Waals surface area contributed by atoms with Crippen molar-refractivity contribution in [2.75, 3.05) is 7.11 Å². The van der Waals surface area contributed by atoms with Gasteiger partial charge < -0.3 is 14.6 Å². The van der Waals surface area contributed by atoms with Crippen molar-refractivity contribution in [1.82, 2.24) is 5.43 Å². The second-order valence-electron chi connectivity index (χ2n) is 5.67. The molecule has 1 atom stereocenters. The van der Waals surface area contributed by atoms with Gasteiger partial charge in [0.1, 0.15) is 11.3 Å². The standard InChI is InChI=1S/C19H16N2O3/c1-23-18-9-5-3-7-13(18)15-11-16(21-20-15)14-10-12-6-2-4-8-17(12)24-19(14)22/h2-10,15,20H,11H2,1H3/t15-/m0/s1. The fourth-order valence-electron chi connectivity index (χ4n) is 3.01. The normalized spacial score (nSPS) is 16.7. The highest BCUT2D eigenvalue weighted by atomic mass is 16.5. The molecule has 1 aliphatic rings. The molecule has 24 heavy (non-hydrogen) atoms. The molecule has 0 aliphatic carbocycles. The van der Waals surface area contributed by atoms with Gasteiger partial charge in [-0.2, -0.15) is 5.10 Å². The lowest BCUT2D eigenvalue weighted by Crippen LogP contribution is -2.14. The highest BCUT2D eigenvalue weighted by Gasteiger charge is 2.25.